The highest BCUT2D eigenvalue weighted by atomic mass is 79.9. The van der Waals surface area contributed by atoms with Crippen LogP contribution in [0.15, 0.2) is 41.1 Å². The molecule has 1 heterocycles. The van der Waals surface area contributed by atoms with Crippen molar-refractivity contribution in [3.8, 4) is 0 Å². The number of carbonyl (C=O) groups excluding carboxylic acids is 1. The van der Waals surface area contributed by atoms with Gasteiger partial charge in [-0.2, -0.15) is 0 Å². The van der Waals surface area contributed by atoms with Gasteiger partial charge in [0.15, 0.2) is 0 Å². The normalized spacial score (nSPS) is 14.8. The van der Waals surface area contributed by atoms with Gasteiger partial charge in [0.1, 0.15) is 11.5 Å². The number of anilines is 2. The van der Waals surface area contributed by atoms with Crippen molar-refractivity contribution in [2.45, 2.75) is 31.7 Å². The number of hydrogen-bond donors (Lipinski definition) is 2. The molecule has 114 valence electrons. The Balaban J connectivity index is 1.61. The van der Waals surface area contributed by atoms with Crippen LogP contribution in [0.25, 0.3) is 0 Å². The molecule has 0 aliphatic heterocycles. The molecule has 2 aromatic rings. The van der Waals surface area contributed by atoms with Gasteiger partial charge in [0.2, 0.25) is 0 Å². The van der Waals surface area contributed by atoms with Crippen molar-refractivity contribution in [2.75, 3.05) is 5.32 Å². The van der Waals surface area contributed by atoms with Crippen LogP contribution in [0.3, 0.4) is 0 Å². The van der Waals surface area contributed by atoms with E-state index < -0.39 is 0 Å². The Morgan fingerprint density at radius 2 is 1.82 bits per heavy atom. The van der Waals surface area contributed by atoms with Crippen LogP contribution in [-0.2, 0) is 0 Å². The number of nitrogens with one attached hydrogen (secondary N) is 2. The molecule has 2 N–H and O–H groups in total. The third kappa shape index (κ3) is 3.82. The van der Waals surface area contributed by atoms with Crippen molar-refractivity contribution < 1.29 is 4.79 Å². The molecule has 0 unspecified atom stereocenters. The summed E-state index contributed by atoms with van der Waals surface area (Å²) in [6, 6.07) is 8.05. The molecule has 0 radical (unpaired) electrons. The maximum Gasteiger partial charge on any atom is 0.271 e. The molecular formula is C16H17BrN4O. The second-order valence-electron chi connectivity index (χ2n) is 5.37. The number of carbonyl (C=O) groups is 1. The first kappa shape index (κ1) is 15.0. The van der Waals surface area contributed by atoms with E-state index in [4.69, 9.17) is 0 Å². The Bertz CT molecular complexity index is 636. The molecule has 0 atom stereocenters. The molecule has 1 aliphatic carbocycles. The lowest BCUT2D eigenvalue weighted by Crippen LogP contribution is -2.33. The van der Waals surface area contributed by atoms with Gasteiger partial charge in [-0.05, 0) is 37.1 Å². The highest BCUT2D eigenvalue weighted by molar-refractivity contribution is 9.10. The van der Waals surface area contributed by atoms with Crippen LogP contribution in [0.1, 0.15) is 36.2 Å². The van der Waals surface area contributed by atoms with Crippen LogP contribution in [0.2, 0.25) is 0 Å². The molecule has 0 saturated heterocycles. The van der Waals surface area contributed by atoms with Crippen molar-refractivity contribution in [2.24, 2.45) is 0 Å². The number of aromatic nitrogens is 2. The van der Waals surface area contributed by atoms with Crippen molar-refractivity contribution in [1.82, 2.24) is 15.3 Å². The second kappa shape index (κ2) is 6.87. The highest BCUT2D eigenvalue weighted by Gasteiger charge is 2.18. The number of hydrogen-bond acceptors (Lipinski definition) is 4. The summed E-state index contributed by atoms with van der Waals surface area (Å²) in [7, 11) is 0. The zero-order valence-corrected chi connectivity index (χ0v) is 13.6. The van der Waals surface area contributed by atoms with Gasteiger partial charge in [0.05, 0.1) is 12.4 Å². The Morgan fingerprint density at radius 3 is 2.45 bits per heavy atom. The predicted octanol–water partition coefficient (Wildman–Crippen LogP) is 3.66. The lowest BCUT2D eigenvalue weighted by Gasteiger charge is -2.11. The summed E-state index contributed by atoms with van der Waals surface area (Å²) in [5, 5.41) is 6.15. The third-order valence-corrected chi connectivity index (χ3v) is 4.22. The number of benzene rings is 1. The zero-order valence-electron chi connectivity index (χ0n) is 12.1. The number of nitrogens with zero attached hydrogens (tertiary/aromatic N) is 2. The SMILES string of the molecule is O=C(NC1CCCC1)c1cnc(Nc2ccc(Br)cc2)cn1. The molecule has 0 spiro atoms. The molecule has 1 aliphatic rings. The average molecular weight is 361 g/mol. The average Bonchev–Trinajstić information content (AvgIpc) is 3.03. The third-order valence-electron chi connectivity index (χ3n) is 3.69. The van der Waals surface area contributed by atoms with E-state index >= 15 is 0 Å². The first-order valence-electron chi connectivity index (χ1n) is 7.36. The first-order valence-corrected chi connectivity index (χ1v) is 8.15. The Hall–Kier alpha value is -1.95. The summed E-state index contributed by atoms with van der Waals surface area (Å²) < 4.78 is 1.02. The Kier molecular flexibility index (Phi) is 4.68. The van der Waals surface area contributed by atoms with Crippen LogP contribution in [0.4, 0.5) is 11.5 Å². The van der Waals surface area contributed by atoms with Crippen molar-refractivity contribution >= 4 is 33.3 Å². The molecular weight excluding hydrogens is 344 g/mol. The largest absolute Gasteiger partial charge is 0.348 e. The molecule has 0 bridgehead atoms. The van der Waals surface area contributed by atoms with E-state index in [9.17, 15) is 4.79 Å². The quantitative estimate of drug-likeness (QED) is 0.872. The van der Waals surface area contributed by atoms with Gasteiger partial charge in [0.25, 0.3) is 5.91 Å². The smallest absolute Gasteiger partial charge is 0.271 e. The van der Waals surface area contributed by atoms with Gasteiger partial charge >= 0.3 is 0 Å². The van der Waals surface area contributed by atoms with Gasteiger partial charge in [0, 0.05) is 16.2 Å². The molecule has 6 heteroatoms. The molecule has 22 heavy (non-hydrogen) atoms. The van der Waals surface area contributed by atoms with Gasteiger partial charge in [-0.25, -0.2) is 9.97 Å². The highest BCUT2D eigenvalue weighted by Crippen LogP contribution is 2.19. The molecule has 1 amide bonds. The van der Waals surface area contributed by atoms with Gasteiger partial charge in [-0.15, -0.1) is 0 Å². The predicted molar refractivity (Wildman–Crippen MR) is 89.2 cm³/mol. The monoisotopic (exact) mass is 360 g/mol. The lowest BCUT2D eigenvalue weighted by atomic mass is 10.2. The first-order chi connectivity index (χ1) is 10.7. The molecule has 5 nitrogen and oxygen atoms in total. The summed E-state index contributed by atoms with van der Waals surface area (Å²) in [5.74, 6) is 0.467. The Labute approximate surface area is 137 Å². The van der Waals surface area contributed by atoms with Crippen LogP contribution in [0, 0.1) is 0 Å². The van der Waals surface area contributed by atoms with E-state index in [2.05, 4.69) is 36.5 Å². The van der Waals surface area contributed by atoms with E-state index in [1.807, 2.05) is 24.3 Å². The van der Waals surface area contributed by atoms with E-state index in [1.165, 1.54) is 19.0 Å². The topological polar surface area (TPSA) is 66.9 Å². The summed E-state index contributed by atoms with van der Waals surface area (Å²) in [5.41, 5.74) is 1.27. The lowest BCUT2D eigenvalue weighted by molar-refractivity contribution is 0.0932. The standard InChI is InChI=1S/C16H17BrN4O/c17-11-5-7-13(8-6-11)20-15-10-18-14(9-19-15)16(22)21-12-3-1-2-4-12/h5-10,12H,1-4H2,(H,19,20)(H,21,22). The van der Waals surface area contributed by atoms with E-state index in [-0.39, 0.29) is 11.9 Å². The fraction of sp³-hybridized carbons (Fsp3) is 0.312. The van der Waals surface area contributed by atoms with E-state index in [0.717, 1.165) is 23.0 Å². The molecule has 1 fully saturated rings. The van der Waals surface area contributed by atoms with Gasteiger partial charge < -0.3 is 10.6 Å². The number of rotatable bonds is 4. The van der Waals surface area contributed by atoms with Crippen molar-refractivity contribution in [3.05, 3.63) is 46.8 Å². The van der Waals surface area contributed by atoms with Crippen LogP contribution >= 0.6 is 15.9 Å². The van der Waals surface area contributed by atoms with Gasteiger partial charge in [-0.3, -0.25) is 4.79 Å². The van der Waals surface area contributed by atoms with Crippen molar-refractivity contribution in [1.29, 1.82) is 0 Å². The summed E-state index contributed by atoms with van der Waals surface area (Å²) >= 11 is 3.39. The Morgan fingerprint density at radius 1 is 1.09 bits per heavy atom. The van der Waals surface area contributed by atoms with Gasteiger partial charge in [-0.1, -0.05) is 28.8 Å². The maximum atomic E-state index is 12.1. The zero-order chi connectivity index (χ0) is 15.4. The van der Waals surface area contributed by atoms with Crippen LogP contribution in [-0.4, -0.2) is 21.9 Å². The summed E-state index contributed by atoms with van der Waals surface area (Å²) in [6.07, 6.45) is 7.57. The summed E-state index contributed by atoms with van der Waals surface area (Å²) in [4.78, 5) is 20.5. The van der Waals surface area contributed by atoms with E-state index in [0.29, 0.717) is 11.5 Å². The number of halogens is 1. The minimum Gasteiger partial charge on any atom is -0.348 e. The number of amides is 1. The fourth-order valence-electron chi connectivity index (χ4n) is 2.52. The molecule has 3 rings (SSSR count). The summed E-state index contributed by atoms with van der Waals surface area (Å²) in [6.45, 7) is 0. The maximum absolute atomic E-state index is 12.1. The van der Waals surface area contributed by atoms with Crippen molar-refractivity contribution in [3.63, 3.8) is 0 Å². The molecule has 1 aromatic heterocycles. The molecule has 1 saturated carbocycles. The van der Waals surface area contributed by atoms with E-state index in [1.54, 1.807) is 6.20 Å². The van der Waals surface area contributed by atoms with Crippen LogP contribution < -0.4 is 10.6 Å². The molecule has 1 aromatic carbocycles. The fourth-order valence-corrected chi connectivity index (χ4v) is 2.78. The minimum absolute atomic E-state index is 0.144. The minimum atomic E-state index is -0.144. The second-order valence-corrected chi connectivity index (χ2v) is 6.29. The van der Waals surface area contributed by atoms with Crippen LogP contribution in [0.5, 0.6) is 0 Å².